The van der Waals surface area contributed by atoms with Gasteiger partial charge in [0.05, 0.1) is 30.4 Å². The maximum atomic E-state index is 13.4. The molecule has 2 aliphatic rings. The van der Waals surface area contributed by atoms with Crippen LogP contribution in [0.25, 0.3) is 0 Å². The van der Waals surface area contributed by atoms with Crippen molar-refractivity contribution in [2.24, 2.45) is 0 Å². The van der Waals surface area contributed by atoms with E-state index in [1.807, 2.05) is 0 Å². The molecule has 0 radical (unpaired) electrons. The van der Waals surface area contributed by atoms with Gasteiger partial charge in [0.1, 0.15) is 30.2 Å². The minimum absolute atomic E-state index is 0.0279. The standard InChI is InChI=1S/C26H27F7O6/c1-13(15-8-16(25(28,29)30)10-17(9-15)26(31,32)33)36-23-22(35-12-14-4-6-18(27)7-5-14)21-20(19(11-34)37-23)38-24(2,3)39-21/h4-10,13,19-23,34H,11-12H2,1-3H3/t13-,19-,20+,21+,22-,23-/m1/s1. The molecule has 4 rings (SSSR count). The van der Waals surface area contributed by atoms with Crippen molar-refractivity contribution in [3.05, 3.63) is 70.5 Å². The summed E-state index contributed by atoms with van der Waals surface area (Å²) in [5.74, 6) is -1.58. The van der Waals surface area contributed by atoms with Crippen LogP contribution < -0.4 is 0 Å². The molecule has 6 atom stereocenters. The number of benzene rings is 2. The second kappa shape index (κ2) is 10.9. The smallest absolute Gasteiger partial charge is 0.394 e. The summed E-state index contributed by atoms with van der Waals surface area (Å²) in [5.41, 5.74) is -2.81. The summed E-state index contributed by atoms with van der Waals surface area (Å²) >= 11 is 0. The summed E-state index contributed by atoms with van der Waals surface area (Å²) in [6.07, 6.45) is -16.6. The van der Waals surface area contributed by atoms with Crippen molar-refractivity contribution >= 4 is 0 Å². The molecular weight excluding hydrogens is 541 g/mol. The van der Waals surface area contributed by atoms with Crippen LogP contribution in [-0.4, -0.2) is 48.2 Å². The van der Waals surface area contributed by atoms with E-state index in [-0.39, 0.29) is 12.7 Å². The van der Waals surface area contributed by atoms with E-state index in [1.165, 1.54) is 31.2 Å². The first-order chi connectivity index (χ1) is 18.1. The zero-order chi connectivity index (χ0) is 28.8. The fourth-order valence-electron chi connectivity index (χ4n) is 4.54. The summed E-state index contributed by atoms with van der Waals surface area (Å²) in [6, 6.07) is 6.57. The molecule has 0 aromatic heterocycles. The quantitative estimate of drug-likeness (QED) is 0.429. The molecule has 2 aromatic rings. The van der Waals surface area contributed by atoms with Crippen LogP contribution >= 0.6 is 0 Å². The van der Waals surface area contributed by atoms with E-state index in [2.05, 4.69) is 0 Å². The summed E-state index contributed by atoms with van der Waals surface area (Å²) in [4.78, 5) is 0. The highest BCUT2D eigenvalue weighted by Crippen LogP contribution is 2.42. The third kappa shape index (κ3) is 6.90. The second-order valence-electron chi connectivity index (χ2n) is 9.81. The second-order valence-corrected chi connectivity index (χ2v) is 9.81. The maximum Gasteiger partial charge on any atom is 0.416 e. The third-order valence-corrected chi connectivity index (χ3v) is 6.38. The topological polar surface area (TPSA) is 66.4 Å². The molecule has 2 heterocycles. The van der Waals surface area contributed by atoms with Crippen LogP contribution in [-0.2, 0) is 42.6 Å². The Labute approximate surface area is 219 Å². The predicted octanol–water partition coefficient (Wildman–Crippen LogP) is 5.76. The van der Waals surface area contributed by atoms with E-state index in [1.54, 1.807) is 13.8 Å². The van der Waals surface area contributed by atoms with Gasteiger partial charge in [-0.25, -0.2) is 4.39 Å². The van der Waals surface area contributed by atoms with Gasteiger partial charge in [-0.2, -0.15) is 26.3 Å². The van der Waals surface area contributed by atoms with E-state index in [0.29, 0.717) is 17.7 Å². The van der Waals surface area contributed by atoms with Crippen molar-refractivity contribution in [2.75, 3.05) is 6.61 Å². The number of aliphatic hydroxyl groups is 1. The van der Waals surface area contributed by atoms with Crippen LogP contribution in [0.15, 0.2) is 42.5 Å². The van der Waals surface area contributed by atoms with Gasteiger partial charge in [-0.05, 0) is 62.2 Å². The Morgan fingerprint density at radius 1 is 0.923 bits per heavy atom. The monoisotopic (exact) mass is 568 g/mol. The minimum atomic E-state index is -5.03. The molecule has 2 fully saturated rings. The molecule has 0 saturated carbocycles. The average Bonchev–Trinajstić information content (AvgIpc) is 3.17. The van der Waals surface area contributed by atoms with Gasteiger partial charge in [0.15, 0.2) is 12.1 Å². The Balaban J connectivity index is 1.64. The molecule has 0 unspecified atom stereocenters. The van der Waals surface area contributed by atoms with Gasteiger partial charge in [-0.1, -0.05) is 12.1 Å². The van der Waals surface area contributed by atoms with Gasteiger partial charge < -0.3 is 28.8 Å². The summed E-state index contributed by atoms with van der Waals surface area (Å²) in [7, 11) is 0. The summed E-state index contributed by atoms with van der Waals surface area (Å²) in [6.45, 7) is 3.89. The Bertz CT molecular complexity index is 1100. The van der Waals surface area contributed by atoms with Crippen molar-refractivity contribution in [3.8, 4) is 0 Å². The Hall–Kier alpha value is -2.29. The summed E-state index contributed by atoms with van der Waals surface area (Å²) < 4.78 is 123. The molecule has 0 amide bonds. The molecule has 216 valence electrons. The molecule has 1 N–H and O–H groups in total. The first kappa shape index (κ1) is 29.7. The van der Waals surface area contributed by atoms with Gasteiger partial charge in [0, 0.05) is 0 Å². The minimum Gasteiger partial charge on any atom is -0.394 e. The molecule has 2 saturated heterocycles. The molecule has 0 aliphatic carbocycles. The Morgan fingerprint density at radius 3 is 2.03 bits per heavy atom. The van der Waals surface area contributed by atoms with Crippen LogP contribution in [0, 0.1) is 5.82 Å². The number of hydrogen-bond donors (Lipinski definition) is 1. The van der Waals surface area contributed by atoms with E-state index in [4.69, 9.17) is 23.7 Å². The van der Waals surface area contributed by atoms with Crippen LogP contribution in [0.5, 0.6) is 0 Å². The van der Waals surface area contributed by atoms with Gasteiger partial charge in [-0.15, -0.1) is 0 Å². The van der Waals surface area contributed by atoms with Crippen molar-refractivity contribution < 1.29 is 59.5 Å². The summed E-state index contributed by atoms with van der Waals surface area (Å²) in [5, 5.41) is 9.91. The Morgan fingerprint density at radius 2 is 1.49 bits per heavy atom. The highest BCUT2D eigenvalue weighted by atomic mass is 19.4. The fraction of sp³-hybridized carbons (Fsp3) is 0.538. The molecule has 6 nitrogen and oxygen atoms in total. The lowest BCUT2D eigenvalue weighted by molar-refractivity contribution is -0.304. The average molecular weight is 568 g/mol. The van der Waals surface area contributed by atoms with Gasteiger partial charge >= 0.3 is 12.4 Å². The zero-order valence-corrected chi connectivity index (χ0v) is 21.1. The van der Waals surface area contributed by atoms with Crippen molar-refractivity contribution in [2.45, 2.75) is 82.3 Å². The molecule has 0 bridgehead atoms. The first-order valence-electron chi connectivity index (χ1n) is 12.0. The normalized spacial score (nSPS) is 27.8. The molecule has 13 heteroatoms. The first-order valence-corrected chi connectivity index (χ1v) is 12.0. The van der Waals surface area contributed by atoms with E-state index in [9.17, 15) is 35.8 Å². The predicted molar refractivity (Wildman–Crippen MR) is 120 cm³/mol. The van der Waals surface area contributed by atoms with E-state index >= 15 is 0 Å². The van der Waals surface area contributed by atoms with Gasteiger partial charge in [0.25, 0.3) is 0 Å². The van der Waals surface area contributed by atoms with Gasteiger partial charge in [0.2, 0.25) is 0 Å². The van der Waals surface area contributed by atoms with Gasteiger partial charge in [-0.3, -0.25) is 0 Å². The zero-order valence-electron chi connectivity index (χ0n) is 21.1. The number of alkyl halides is 6. The third-order valence-electron chi connectivity index (χ3n) is 6.38. The molecule has 2 aromatic carbocycles. The lowest BCUT2D eigenvalue weighted by Gasteiger charge is -2.42. The lowest BCUT2D eigenvalue weighted by atomic mass is 9.98. The van der Waals surface area contributed by atoms with E-state index in [0.717, 1.165) is 0 Å². The molecular formula is C26H27F7O6. The number of halogens is 7. The molecule has 2 aliphatic heterocycles. The van der Waals surface area contributed by atoms with Crippen LogP contribution in [0.4, 0.5) is 30.7 Å². The lowest BCUT2D eigenvalue weighted by Crippen LogP contribution is -2.58. The number of hydrogen-bond acceptors (Lipinski definition) is 6. The fourth-order valence-corrected chi connectivity index (χ4v) is 4.54. The highest BCUT2D eigenvalue weighted by molar-refractivity contribution is 5.34. The highest BCUT2D eigenvalue weighted by Gasteiger charge is 2.56. The van der Waals surface area contributed by atoms with Crippen LogP contribution in [0.3, 0.4) is 0 Å². The SMILES string of the molecule is C[C@@H](O[C@@H]1O[C@H](CO)[C@@H]2OC(C)(C)O[C@@H]2[C@H]1OCc1ccc(F)cc1)c1cc(C(F)(F)F)cc(C(F)(F)F)c1. The van der Waals surface area contributed by atoms with E-state index < -0.39 is 84.1 Å². The van der Waals surface area contributed by atoms with Crippen molar-refractivity contribution in [3.63, 3.8) is 0 Å². The number of ether oxygens (including phenoxy) is 5. The Kier molecular flexibility index (Phi) is 8.33. The maximum absolute atomic E-state index is 13.4. The number of aliphatic hydroxyl groups excluding tert-OH is 1. The number of fused-ring (bicyclic) bond motifs is 1. The van der Waals surface area contributed by atoms with Crippen molar-refractivity contribution in [1.82, 2.24) is 0 Å². The number of rotatable bonds is 7. The largest absolute Gasteiger partial charge is 0.416 e. The molecule has 39 heavy (non-hydrogen) atoms. The van der Waals surface area contributed by atoms with Crippen LogP contribution in [0.1, 0.15) is 49.1 Å². The molecule has 0 spiro atoms. The van der Waals surface area contributed by atoms with Crippen LogP contribution in [0.2, 0.25) is 0 Å². The van der Waals surface area contributed by atoms with Crippen molar-refractivity contribution in [1.29, 1.82) is 0 Å².